The average Bonchev–Trinajstić information content (AvgIpc) is 3.56. The number of hydrogen-bond acceptors (Lipinski definition) is 6. The Kier molecular flexibility index (Phi) is 7.05. The van der Waals surface area contributed by atoms with Crippen molar-refractivity contribution in [3.8, 4) is 17.0 Å². The maximum absolute atomic E-state index is 13.4. The minimum Gasteiger partial charge on any atom is -0.496 e. The van der Waals surface area contributed by atoms with Crippen LogP contribution in [0.2, 0.25) is 0 Å². The molecule has 0 bridgehead atoms. The second-order valence-electron chi connectivity index (χ2n) is 10.7. The number of nitrogens with zero attached hydrogens (tertiary/aromatic N) is 5. The topological polar surface area (TPSA) is 108 Å². The molecule has 0 spiro atoms. The number of carbonyl (C=O) groups is 2. The fraction of sp³-hybridized carbons (Fsp3) is 0.312. The van der Waals surface area contributed by atoms with Crippen molar-refractivity contribution in [3.63, 3.8) is 0 Å². The van der Waals surface area contributed by atoms with Crippen molar-refractivity contribution in [2.75, 3.05) is 26.7 Å². The molecule has 9 heteroatoms. The lowest BCUT2D eigenvalue weighted by Gasteiger charge is -2.31. The van der Waals surface area contributed by atoms with E-state index in [0.717, 1.165) is 57.6 Å². The predicted octanol–water partition coefficient (Wildman–Crippen LogP) is 4.30. The Morgan fingerprint density at radius 3 is 2.61 bits per heavy atom. The Hall–Kier alpha value is -4.50. The average molecular weight is 551 g/mol. The molecule has 0 unspecified atom stereocenters. The van der Waals surface area contributed by atoms with Crippen LogP contribution in [-0.4, -0.2) is 62.3 Å². The third-order valence-electron chi connectivity index (χ3n) is 8.30. The summed E-state index contributed by atoms with van der Waals surface area (Å²) < 4.78 is 9.87. The van der Waals surface area contributed by atoms with Gasteiger partial charge in [-0.15, -0.1) is 0 Å². The minimum atomic E-state index is -0.0109. The number of carbonyl (C=O) groups excluding carboxylic acids is 2. The van der Waals surface area contributed by atoms with E-state index in [0.29, 0.717) is 24.5 Å². The van der Waals surface area contributed by atoms with E-state index < -0.39 is 0 Å². The number of piperidine rings is 1. The summed E-state index contributed by atoms with van der Waals surface area (Å²) in [6, 6.07) is 15.9. The molecule has 1 amide bonds. The van der Waals surface area contributed by atoms with Crippen LogP contribution in [0.15, 0.2) is 60.9 Å². The molecule has 5 aromatic rings. The van der Waals surface area contributed by atoms with Crippen LogP contribution >= 0.6 is 0 Å². The largest absolute Gasteiger partial charge is 0.496 e. The first-order valence-electron chi connectivity index (χ1n) is 14.0. The van der Waals surface area contributed by atoms with E-state index in [1.165, 1.54) is 0 Å². The summed E-state index contributed by atoms with van der Waals surface area (Å²) >= 11 is 0. The number of aryl methyl sites for hydroxylation is 2. The van der Waals surface area contributed by atoms with E-state index in [4.69, 9.17) is 15.5 Å². The molecule has 1 fully saturated rings. The number of nitrogens with two attached hydrogens (primary N) is 1. The van der Waals surface area contributed by atoms with Crippen LogP contribution in [0.25, 0.3) is 27.7 Å². The van der Waals surface area contributed by atoms with Crippen molar-refractivity contribution in [1.82, 2.24) is 23.8 Å². The lowest BCUT2D eigenvalue weighted by atomic mass is 9.96. The van der Waals surface area contributed by atoms with Gasteiger partial charge in [0.2, 0.25) is 5.91 Å². The minimum absolute atomic E-state index is 0.0109. The summed E-state index contributed by atoms with van der Waals surface area (Å²) in [5, 5.41) is 1.05. The highest BCUT2D eigenvalue weighted by molar-refractivity contribution is 6.01. The molecule has 1 aliphatic rings. The molecule has 41 heavy (non-hydrogen) atoms. The number of amides is 1. The standard InChI is InChI=1S/C32H34N6O3/c1-20-31-30(35-32(38(31)15-12-34-20)21-10-13-37(14-11-21)29(40)19-33)24-9-8-23(28(18-24)41-3)17-27(39)26-16-22-6-4-5-7-25(22)36(26)2/h4-9,12,15-16,18,21H,10-11,13-14,17,19,33H2,1-3H3. The highest BCUT2D eigenvalue weighted by Crippen LogP contribution is 2.36. The van der Waals surface area contributed by atoms with E-state index in [9.17, 15) is 9.59 Å². The summed E-state index contributed by atoms with van der Waals surface area (Å²) in [5.74, 6) is 1.84. The molecule has 6 rings (SSSR count). The molecular formula is C32H34N6O3. The lowest BCUT2D eigenvalue weighted by Crippen LogP contribution is -2.41. The Morgan fingerprint density at radius 1 is 1.10 bits per heavy atom. The van der Waals surface area contributed by atoms with E-state index in [1.54, 1.807) is 13.3 Å². The van der Waals surface area contributed by atoms with E-state index in [2.05, 4.69) is 9.38 Å². The number of likely N-dealkylation sites (tertiary alicyclic amines) is 1. The summed E-state index contributed by atoms with van der Waals surface area (Å²) in [5.41, 5.74) is 11.7. The molecule has 2 aromatic carbocycles. The van der Waals surface area contributed by atoms with Crippen LogP contribution in [0.3, 0.4) is 0 Å². The van der Waals surface area contributed by atoms with Gasteiger partial charge in [-0.1, -0.05) is 30.3 Å². The normalized spacial score (nSPS) is 14.2. The van der Waals surface area contributed by atoms with Gasteiger partial charge in [0, 0.05) is 66.9 Å². The smallest absolute Gasteiger partial charge is 0.236 e. The number of fused-ring (bicyclic) bond motifs is 2. The number of methoxy groups -OCH3 is 1. The zero-order chi connectivity index (χ0) is 28.7. The molecule has 9 nitrogen and oxygen atoms in total. The van der Waals surface area contributed by atoms with Crippen LogP contribution < -0.4 is 10.5 Å². The zero-order valence-electron chi connectivity index (χ0n) is 23.6. The SMILES string of the molecule is COc1cc(-c2nc(C3CCN(C(=O)CN)CC3)n3ccnc(C)c23)ccc1CC(=O)c1cc2ccccc2n1C. The maximum atomic E-state index is 13.4. The fourth-order valence-corrected chi connectivity index (χ4v) is 6.08. The van der Waals surface area contributed by atoms with Crippen molar-refractivity contribution in [3.05, 3.63) is 83.7 Å². The molecule has 0 saturated carbocycles. The van der Waals surface area contributed by atoms with Crippen LogP contribution in [0.4, 0.5) is 0 Å². The number of ether oxygens (including phenoxy) is 1. The van der Waals surface area contributed by atoms with Crippen molar-refractivity contribution in [2.45, 2.75) is 32.1 Å². The zero-order valence-corrected chi connectivity index (χ0v) is 23.6. The molecule has 1 saturated heterocycles. The Labute approximate surface area is 238 Å². The third-order valence-corrected chi connectivity index (χ3v) is 8.30. The Balaban J connectivity index is 1.32. The first kappa shape index (κ1) is 26.7. The number of benzene rings is 2. The highest BCUT2D eigenvalue weighted by Gasteiger charge is 2.28. The molecule has 2 N–H and O–H groups in total. The number of aromatic nitrogens is 4. The van der Waals surface area contributed by atoms with Gasteiger partial charge in [0.25, 0.3) is 0 Å². The number of rotatable bonds is 7. The van der Waals surface area contributed by atoms with Gasteiger partial charge in [0.1, 0.15) is 11.6 Å². The summed E-state index contributed by atoms with van der Waals surface area (Å²) in [4.78, 5) is 37.0. The van der Waals surface area contributed by atoms with E-state index >= 15 is 0 Å². The monoisotopic (exact) mass is 550 g/mol. The number of ketones is 1. The first-order chi connectivity index (χ1) is 19.9. The third kappa shape index (κ3) is 4.76. The van der Waals surface area contributed by atoms with Crippen molar-refractivity contribution >= 4 is 28.1 Å². The van der Waals surface area contributed by atoms with Crippen LogP contribution in [0.5, 0.6) is 5.75 Å². The van der Waals surface area contributed by atoms with Gasteiger partial charge in [-0.2, -0.15) is 0 Å². The molecule has 1 aliphatic heterocycles. The summed E-state index contributed by atoms with van der Waals surface area (Å²) in [6.07, 6.45) is 5.63. The molecule has 3 aromatic heterocycles. The number of Topliss-reactive ketones (excluding diaryl/α,β-unsaturated/α-hetero) is 1. The molecule has 0 radical (unpaired) electrons. The van der Waals surface area contributed by atoms with E-state index in [-0.39, 0.29) is 30.6 Å². The number of para-hydroxylation sites is 1. The lowest BCUT2D eigenvalue weighted by molar-refractivity contribution is -0.130. The molecule has 4 heterocycles. The van der Waals surface area contributed by atoms with Gasteiger partial charge >= 0.3 is 0 Å². The molecule has 0 aliphatic carbocycles. The van der Waals surface area contributed by atoms with E-state index in [1.807, 2.05) is 78.2 Å². The van der Waals surface area contributed by atoms with Gasteiger partial charge in [-0.05, 0) is 38.0 Å². The van der Waals surface area contributed by atoms with Gasteiger partial charge in [0.05, 0.1) is 36.3 Å². The molecule has 210 valence electrons. The number of imidazole rings is 1. The molecular weight excluding hydrogens is 516 g/mol. The second kappa shape index (κ2) is 10.8. The van der Waals surface area contributed by atoms with Gasteiger partial charge in [-0.3, -0.25) is 19.0 Å². The summed E-state index contributed by atoms with van der Waals surface area (Å²) in [6.45, 7) is 3.36. The van der Waals surface area contributed by atoms with Crippen molar-refractivity contribution in [2.24, 2.45) is 12.8 Å². The predicted molar refractivity (Wildman–Crippen MR) is 158 cm³/mol. The molecule has 0 atom stereocenters. The quantitative estimate of drug-likeness (QED) is 0.303. The first-order valence-corrected chi connectivity index (χ1v) is 14.0. The number of hydrogen-bond donors (Lipinski definition) is 1. The van der Waals surface area contributed by atoms with Gasteiger partial charge in [0.15, 0.2) is 5.78 Å². The van der Waals surface area contributed by atoms with Gasteiger partial charge < -0.3 is 19.9 Å². The second-order valence-corrected chi connectivity index (χ2v) is 10.7. The van der Waals surface area contributed by atoms with Crippen LogP contribution in [0.1, 0.15) is 46.3 Å². The maximum Gasteiger partial charge on any atom is 0.236 e. The van der Waals surface area contributed by atoms with Crippen molar-refractivity contribution in [1.29, 1.82) is 0 Å². The highest BCUT2D eigenvalue weighted by atomic mass is 16.5. The van der Waals surface area contributed by atoms with Crippen molar-refractivity contribution < 1.29 is 14.3 Å². The van der Waals surface area contributed by atoms with Gasteiger partial charge in [-0.25, -0.2) is 4.98 Å². The Bertz CT molecular complexity index is 1780. The fourth-order valence-electron chi connectivity index (χ4n) is 6.08. The Morgan fingerprint density at radius 2 is 1.88 bits per heavy atom. The van der Waals surface area contributed by atoms with Crippen LogP contribution in [0, 0.1) is 6.92 Å². The van der Waals surface area contributed by atoms with Crippen LogP contribution in [-0.2, 0) is 18.3 Å². The summed E-state index contributed by atoms with van der Waals surface area (Å²) in [7, 11) is 3.55.